The van der Waals surface area contributed by atoms with Gasteiger partial charge in [-0.2, -0.15) is 13.2 Å². The topological polar surface area (TPSA) is 20.2 Å². The minimum atomic E-state index is -4.47. The highest BCUT2D eigenvalue weighted by Crippen LogP contribution is 2.38. The Kier molecular flexibility index (Phi) is 3.47. The van der Waals surface area contributed by atoms with Crippen LogP contribution in [0.1, 0.15) is 11.1 Å². The SMILES string of the molecule is OCc1ccc(-c2cc3ccccc3s2)cc1C(F)(F)F. The lowest BCUT2D eigenvalue weighted by Crippen LogP contribution is -2.09. The van der Waals surface area contributed by atoms with Crippen molar-refractivity contribution in [2.45, 2.75) is 12.8 Å². The van der Waals surface area contributed by atoms with Crippen LogP contribution >= 0.6 is 11.3 Å². The largest absolute Gasteiger partial charge is 0.416 e. The number of halogens is 3. The Labute approximate surface area is 123 Å². The molecule has 0 saturated heterocycles. The Morgan fingerprint density at radius 1 is 1.00 bits per heavy atom. The minimum absolute atomic E-state index is 0.104. The summed E-state index contributed by atoms with van der Waals surface area (Å²) in [6.07, 6.45) is -4.47. The third-order valence-electron chi connectivity index (χ3n) is 3.30. The normalized spacial score (nSPS) is 12.0. The van der Waals surface area contributed by atoms with Crippen molar-refractivity contribution in [2.75, 3.05) is 0 Å². The number of alkyl halides is 3. The molecule has 0 spiro atoms. The van der Waals surface area contributed by atoms with E-state index in [1.807, 2.05) is 30.3 Å². The highest BCUT2D eigenvalue weighted by atomic mass is 32.1. The molecule has 0 aliphatic rings. The first-order valence-electron chi connectivity index (χ1n) is 6.29. The molecule has 0 fully saturated rings. The predicted molar refractivity (Wildman–Crippen MR) is 78.2 cm³/mol. The molecular formula is C16H11F3OS. The van der Waals surface area contributed by atoms with E-state index < -0.39 is 18.3 Å². The summed E-state index contributed by atoms with van der Waals surface area (Å²) in [5.74, 6) is 0. The van der Waals surface area contributed by atoms with Crippen molar-refractivity contribution < 1.29 is 18.3 Å². The van der Waals surface area contributed by atoms with Gasteiger partial charge in [0.2, 0.25) is 0 Å². The second kappa shape index (κ2) is 5.16. The van der Waals surface area contributed by atoms with Gasteiger partial charge in [0.25, 0.3) is 0 Å². The van der Waals surface area contributed by atoms with Gasteiger partial charge in [0.1, 0.15) is 0 Å². The van der Waals surface area contributed by atoms with Gasteiger partial charge >= 0.3 is 6.18 Å². The Hall–Kier alpha value is -1.85. The molecular weight excluding hydrogens is 297 g/mol. The van der Waals surface area contributed by atoms with Gasteiger partial charge in [0, 0.05) is 9.58 Å². The van der Waals surface area contributed by atoms with Crippen LogP contribution in [0.4, 0.5) is 13.2 Å². The summed E-state index contributed by atoms with van der Waals surface area (Å²) in [5.41, 5.74) is -0.368. The fourth-order valence-electron chi connectivity index (χ4n) is 2.26. The molecule has 0 bridgehead atoms. The lowest BCUT2D eigenvalue weighted by Gasteiger charge is -2.12. The molecule has 0 unspecified atom stereocenters. The van der Waals surface area contributed by atoms with E-state index in [4.69, 9.17) is 5.11 Å². The molecule has 1 heterocycles. The third-order valence-corrected chi connectivity index (χ3v) is 4.46. The summed E-state index contributed by atoms with van der Waals surface area (Å²) in [5, 5.41) is 10.1. The first kappa shape index (κ1) is 14.1. The Bertz CT molecular complexity index is 757. The number of benzene rings is 2. The number of hydrogen-bond donors (Lipinski definition) is 1. The van der Waals surface area contributed by atoms with E-state index in [9.17, 15) is 13.2 Å². The quantitative estimate of drug-likeness (QED) is 0.700. The summed E-state index contributed by atoms with van der Waals surface area (Å²) >= 11 is 1.45. The van der Waals surface area contributed by atoms with E-state index in [1.54, 1.807) is 6.07 Å². The van der Waals surface area contributed by atoms with Crippen LogP contribution < -0.4 is 0 Å². The van der Waals surface area contributed by atoms with Crippen LogP contribution in [0.15, 0.2) is 48.5 Å². The van der Waals surface area contributed by atoms with Gasteiger partial charge < -0.3 is 5.11 Å². The molecule has 1 nitrogen and oxygen atoms in total. The molecule has 1 aromatic heterocycles. The Balaban J connectivity index is 2.14. The van der Waals surface area contributed by atoms with Crippen molar-refractivity contribution in [1.82, 2.24) is 0 Å². The standard InChI is InChI=1S/C16H11F3OS/c17-16(18,19)13-7-11(5-6-12(13)9-20)15-8-10-3-1-2-4-14(10)21-15/h1-8,20H,9H2. The van der Waals surface area contributed by atoms with Gasteiger partial charge in [-0.3, -0.25) is 0 Å². The summed E-state index contributed by atoms with van der Waals surface area (Å²) in [7, 11) is 0. The average Bonchev–Trinajstić information content (AvgIpc) is 2.89. The minimum Gasteiger partial charge on any atom is -0.392 e. The van der Waals surface area contributed by atoms with Crippen LogP contribution in [0.25, 0.3) is 20.5 Å². The first-order valence-corrected chi connectivity index (χ1v) is 7.10. The Morgan fingerprint density at radius 3 is 2.43 bits per heavy atom. The molecule has 108 valence electrons. The van der Waals surface area contributed by atoms with Gasteiger partial charge in [-0.05, 0) is 34.7 Å². The number of thiophene rings is 1. The van der Waals surface area contributed by atoms with Crippen LogP contribution in [0, 0.1) is 0 Å². The fourth-order valence-corrected chi connectivity index (χ4v) is 3.31. The van der Waals surface area contributed by atoms with Crippen LogP contribution in [-0.4, -0.2) is 5.11 Å². The highest BCUT2D eigenvalue weighted by molar-refractivity contribution is 7.22. The lowest BCUT2D eigenvalue weighted by molar-refractivity contribution is -0.138. The highest BCUT2D eigenvalue weighted by Gasteiger charge is 2.33. The summed E-state index contributed by atoms with van der Waals surface area (Å²) < 4.78 is 40.1. The molecule has 0 aliphatic carbocycles. The second-order valence-electron chi connectivity index (χ2n) is 4.68. The van der Waals surface area contributed by atoms with Crippen molar-refractivity contribution >= 4 is 21.4 Å². The second-order valence-corrected chi connectivity index (χ2v) is 5.76. The zero-order chi connectivity index (χ0) is 15.0. The summed E-state index contributed by atoms with van der Waals surface area (Å²) in [6, 6.07) is 13.6. The van der Waals surface area contributed by atoms with Gasteiger partial charge in [-0.25, -0.2) is 0 Å². The van der Waals surface area contributed by atoms with Crippen molar-refractivity contribution in [3.8, 4) is 10.4 Å². The molecule has 21 heavy (non-hydrogen) atoms. The molecule has 2 aromatic carbocycles. The lowest BCUT2D eigenvalue weighted by atomic mass is 10.0. The van der Waals surface area contributed by atoms with Crippen molar-refractivity contribution in [1.29, 1.82) is 0 Å². The number of rotatable bonds is 2. The van der Waals surface area contributed by atoms with Gasteiger partial charge in [0.15, 0.2) is 0 Å². The molecule has 0 radical (unpaired) electrons. The number of aliphatic hydroxyl groups is 1. The van der Waals surface area contributed by atoms with Crippen LogP contribution in [-0.2, 0) is 12.8 Å². The molecule has 0 amide bonds. The molecule has 0 aliphatic heterocycles. The van der Waals surface area contributed by atoms with Crippen LogP contribution in [0.5, 0.6) is 0 Å². The zero-order valence-corrected chi connectivity index (χ0v) is 11.6. The molecule has 1 N–H and O–H groups in total. The maximum Gasteiger partial charge on any atom is 0.416 e. The van der Waals surface area contributed by atoms with E-state index in [-0.39, 0.29) is 5.56 Å². The van der Waals surface area contributed by atoms with Gasteiger partial charge in [0.05, 0.1) is 12.2 Å². The van der Waals surface area contributed by atoms with Crippen LogP contribution in [0.2, 0.25) is 0 Å². The predicted octanol–water partition coefficient (Wildman–Crippen LogP) is 5.08. The van der Waals surface area contributed by atoms with E-state index in [1.165, 1.54) is 17.4 Å². The maximum absolute atomic E-state index is 13.0. The van der Waals surface area contributed by atoms with Crippen molar-refractivity contribution in [3.63, 3.8) is 0 Å². The van der Waals surface area contributed by atoms with E-state index >= 15 is 0 Å². The van der Waals surface area contributed by atoms with E-state index in [0.717, 1.165) is 21.0 Å². The first-order chi connectivity index (χ1) is 9.99. The van der Waals surface area contributed by atoms with Crippen molar-refractivity contribution in [3.05, 3.63) is 59.7 Å². The Morgan fingerprint density at radius 2 is 1.76 bits per heavy atom. The fraction of sp³-hybridized carbons (Fsp3) is 0.125. The maximum atomic E-state index is 13.0. The number of aliphatic hydroxyl groups excluding tert-OH is 1. The number of hydrogen-bond acceptors (Lipinski definition) is 2. The smallest absolute Gasteiger partial charge is 0.392 e. The molecule has 0 atom stereocenters. The van der Waals surface area contributed by atoms with Gasteiger partial charge in [-0.15, -0.1) is 11.3 Å². The third kappa shape index (κ3) is 2.66. The van der Waals surface area contributed by atoms with Gasteiger partial charge in [-0.1, -0.05) is 30.3 Å². The molecule has 3 aromatic rings. The van der Waals surface area contributed by atoms with E-state index in [2.05, 4.69) is 0 Å². The summed E-state index contributed by atoms with van der Waals surface area (Å²) in [4.78, 5) is 0.784. The monoisotopic (exact) mass is 308 g/mol. The molecule has 0 saturated carbocycles. The molecule has 5 heteroatoms. The van der Waals surface area contributed by atoms with Crippen LogP contribution in [0.3, 0.4) is 0 Å². The molecule has 3 rings (SSSR count). The average molecular weight is 308 g/mol. The van der Waals surface area contributed by atoms with E-state index in [0.29, 0.717) is 5.56 Å². The van der Waals surface area contributed by atoms with Crippen molar-refractivity contribution in [2.24, 2.45) is 0 Å². The summed E-state index contributed by atoms with van der Waals surface area (Å²) in [6.45, 7) is -0.623. The number of fused-ring (bicyclic) bond motifs is 1. The zero-order valence-electron chi connectivity index (χ0n) is 10.8.